The van der Waals surface area contributed by atoms with E-state index in [1.54, 1.807) is 42.5 Å². The van der Waals surface area contributed by atoms with E-state index in [2.05, 4.69) is 5.32 Å². The molecule has 0 radical (unpaired) electrons. The lowest BCUT2D eigenvalue weighted by Crippen LogP contribution is -2.13. The van der Waals surface area contributed by atoms with Crippen molar-refractivity contribution in [2.45, 2.75) is 25.7 Å². The highest BCUT2D eigenvalue weighted by molar-refractivity contribution is 6.04. The number of nitrogens with one attached hydrogen (secondary N) is 1. The lowest BCUT2D eigenvalue weighted by atomic mass is 10.0. The van der Waals surface area contributed by atoms with Gasteiger partial charge in [0.1, 0.15) is 11.6 Å². The normalized spacial score (nSPS) is 12.9. The maximum atomic E-state index is 13.9. The molecule has 4 aromatic rings. The second-order valence-corrected chi connectivity index (χ2v) is 8.34. The summed E-state index contributed by atoms with van der Waals surface area (Å²) in [5.74, 6) is -1.72. The zero-order valence-electron chi connectivity index (χ0n) is 18.8. The van der Waals surface area contributed by atoms with Gasteiger partial charge in [-0.3, -0.25) is 9.59 Å². The number of nitrogens with zero attached hydrogens (tertiary/aromatic N) is 2. The second kappa shape index (κ2) is 9.13. The smallest absolute Gasteiger partial charge is 0.309 e. The molecule has 0 unspecified atom stereocenters. The summed E-state index contributed by atoms with van der Waals surface area (Å²) >= 11 is 0. The van der Waals surface area contributed by atoms with Crippen LogP contribution in [0.4, 0.5) is 14.5 Å². The van der Waals surface area contributed by atoms with Gasteiger partial charge >= 0.3 is 5.97 Å². The minimum absolute atomic E-state index is 0.0545. The van der Waals surface area contributed by atoms with Crippen molar-refractivity contribution in [3.05, 3.63) is 95.7 Å². The van der Waals surface area contributed by atoms with Crippen LogP contribution in [0.5, 0.6) is 5.88 Å². The van der Waals surface area contributed by atoms with Gasteiger partial charge in [0.05, 0.1) is 22.5 Å². The van der Waals surface area contributed by atoms with Gasteiger partial charge in [-0.15, -0.1) is 0 Å². The number of amides is 1. The van der Waals surface area contributed by atoms with Gasteiger partial charge in [0, 0.05) is 18.5 Å². The Kier molecular flexibility index (Phi) is 5.86. The molecular formula is C27H21F2N3O3. The Morgan fingerprint density at radius 3 is 2.40 bits per heavy atom. The van der Waals surface area contributed by atoms with E-state index in [0.717, 1.165) is 24.1 Å². The fraction of sp³-hybridized carbons (Fsp3) is 0.148. The molecule has 0 saturated heterocycles. The highest BCUT2D eigenvalue weighted by Crippen LogP contribution is 2.48. The summed E-state index contributed by atoms with van der Waals surface area (Å²) < 4.78 is 34.9. The van der Waals surface area contributed by atoms with Crippen molar-refractivity contribution in [1.29, 1.82) is 0 Å². The highest BCUT2D eigenvalue weighted by atomic mass is 19.1. The number of hydrogen-bond acceptors (Lipinski definition) is 4. The van der Waals surface area contributed by atoms with Gasteiger partial charge in [0.25, 0.3) is 5.91 Å². The molecule has 1 aromatic heterocycles. The van der Waals surface area contributed by atoms with Crippen LogP contribution < -0.4 is 10.1 Å². The number of carbonyl (C=O) groups is 2. The number of hydrogen-bond donors (Lipinski definition) is 1. The maximum Gasteiger partial charge on any atom is 0.309 e. The largest absolute Gasteiger partial charge is 0.407 e. The minimum Gasteiger partial charge on any atom is -0.407 e. The number of halogens is 2. The van der Waals surface area contributed by atoms with Gasteiger partial charge < -0.3 is 10.1 Å². The first-order chi connectivity index (χ1) is 16.9. The van der Waals surface area contributed by atoms with E-state index in [4.69, 9.17) is 9.84 Å². The number of rotatable bonds is 6. The summed E-state index contributed by atoms with van der Waals surface area (Å²) in [7, 11) is 0. The molecular weight excluding hydrogens is 452 g/mol. The molecule has 5 rings (SSSR count). The summed E-state index contributed by atoms with van der Waals surface area (Å²) in [5.41, 5.74) is 2.97. The van der Waals surface area contributed by atoms with Crippen LogP contribution >= 0.6 is 0 Å². The fourth-order valence-electron chi connectivity index (χ4n) is 3.91. The molecule has 6 nitrogen and oxygen atoms in total. The number of ether oxygens (including phenoxy) is 1. The van der Waals surface area contributed by atoms with Crippen LogP contribution in [0.1, 0.15) is 41.7 Å². The van der Waals surface area contributed by atoms with Crippen LogP contribution in [-0.4, -0.2) is 21.7 Å². The number of carbonyl (C=O) groups excluding carboxylic acids is 2. The second-order valence-electron chi connectivity index (χ2n) is 8.34. The zero-order chi connectivity index (χ0) is 24.5. The number of esters is 1. The molecule has 176 valence electrons. The predicted molar refractivity (Wildman–Crippen MR) is 127 cm³/mol. The molecule has 35 heavy (non-hydrogen) atoms. The molecule has 1 heterocycles. The molecule has 0 aliphatic heterocycles. The van der Waals surface area contributed by atoms with Crippen molar-refractivity contribution in [1.82, 2.24) is 9.78 Å². The Morgan fingerprint density at radius 1 is 1.00 bits per heavy atom. The number of aromatic nitrogens is 2. The molecule has 1 N–H and O–H groups in total. The monoisotopic (exact) mass is 473 g/mol. The summed E-state index contributed by atoms with van der Waals surface area (Å²) in [6.07, 6.45) is 1.90. The number of benzene rings is 3. The minimum atomic E-state index is -0.605. The van der Waals surface area contributed by atoms with Gasteiger partial charge in [-0.05, 0) is 60.9 Å². The molecule has 1 amide bonds. The van der Waals surface area contributed by atoms with E-state index in [9.17, 15) is 18.4 Å². The van der Waals surface area contributed by atoms with Crippen molar-refractivity contribution in [2.75, 3.05) is 5.32 Å². The van der Waals surface area contributed by atoms with E-state index < -0.39 is 23.5 Å². The van der Waals surface area contributed by atoms with Gasteiger partial charge in [0.2, 0.25) is 5.88 Å². The molecule has 0 spiro atoms. The third kappa shape index (κ3) is 4.68. The Morgan fingerprint density at radius 2 is 1.74 bits per heavy atom. The van der Waals surface area contributed by atoms with Crippen LogP contribution in [0, 0.1) is 11.6 Å². The first-order valence-corrected chi connectivity index (χ1v) is 11.1. The van der Waals surface area contributed by atoms with Crippen LogP contribution in [0.3, 0.4) is 0 Å². The average molecular weight is 473 g/mol. The van der Waals surface area contributed by atoms with Crippen molar-refractivity contribution < 1.29 is 23.1 Å². The molecule has 0 bridgehead atoms. The number of anilines is 1. The van der Waals surface area contributed by atoms with Crippen molar-refractivity contribution in [3.8, 4) is 22.7 Å². The Hall–Kier alpha value is -4.33. The van der Waals surface area contributed by atoms with Gasteiger partial charge in [0.15, 0.2) is 0 Å². The topological polar surface area (TPSA) is 73.2 Å². The first kappa shape index (κ1) is 22.5. The summed E-state index contributed by atoms with van der Waals surface area (Å²) in [5, 5.41) is 7.38. The standard InChI is InChI=1S/C27H21F2N3O3/c1-16(33)35-27-24(25(18-9-10-18)31-32(27)21-6-4-5-19(28)15-21)17-11-13-20(14-12-17)30-26(34)22-7-2-3-8-23(22)29/h2-8,11-15,18H,9-10H2,1H3,(H,30,34). The van der Waals surface area contributed by atoms with Crippen LogP contribution in [-0.2, 0) is 4.79 Å². The summed E-state index contributed by atoms with van der Waals surface area (Å²) in [6, 6.07) is 18.5. The van der Waals surface area contributed by atoms with E-state index in [1.807, 2.05) is 0 Å². The van der Waals surface area contributed by atoms with E-state index in [-0.39, 0.29) is 17.4 Å². The van der Waals surface area contributed by atoms with Gasteiger partial charge in [-0.1, -0.05) is 30.3 Å². The molecule has 1 saturated carbocycles. The van der Waals surface area contributed by atoms with Crippen molar-refractivity contribution >= 4 is 17.6 Å². The average Bonchev–Trinajstić information content (AvgIpc) is 3.61. The molecule has 3 aromatic carbocycles. The maximum absolute atomic E-state index is 13.9. The lowest BCUT2D eigenvalue weighted by molar-refractivity contribution is -0.132. The Labute approximate surface area is 200 Å². The van der Waals surface area contributed by atoms with E-state index in [1.165, 1.54) is 41.9 Å². The molecule has 8 heteroatoms. The van der Waals surface area contributed by atoms with Gasteiger partial charge in [-0.25, -0.2) is 8.78 Å². The summed E-state index contributed by atoms with van der Waals surface area (Å²) in [6.45, 7) is 1.30. The third-order valence-electron chi connectivity index (χ3n) is 5.68. The third-order valence-corrected chi connectivity index (χ3v) is 5.68. The molecule has 1 aliphatic carbocycles. The quantitative estimate of drug-likeness (QED) is 0.356. The van der Waals surface area contributed by atoms with Gasteiger partial charge in [-0.2, -0.15) is 9.78 Å². The van der Waals surface area contributed by atoms with E-state index >= 15 is 0 Å². The van der Waals surface area contributed by atoms with Crippen molar-refractivity contribution in [3.63, 3.8) is 0 Å². The fourth-order valence-corrected chi connectivity index (χ4v) is 3.91. The van der Waals surface area contributed by atoms with Crippen LogP contribution in [0.15, 0.2) is 72.8 Å². The summed E-state index contributed by atoms with van der Waals surface area (Å²) in [4.78, 5) is 24.4. The predicted octanol–water partition coefficient (Wildman–Crippen LogP) is 5.87. The van der Waals surface area contributed by atoms with Crippen LogP contribution in [0.2, 0.25) is 0 Å². The van der Waals surface area contributed by atoms with Crippen LogP contribution in [0.25, 0.3) is 16.8 Å². The Bertz CT molecular complexity index is 1430. The zero-order valence-corrected chi connectivity index (χ0v) is 18.8. The molecule has 1 fully saturated rings. The lowest BCUT2D eigenvalue weighted by Gasteiger charge is -2.10. The van der Waals surface area contributed by atoms with E-state index in [0.29, 0.717) is 16.9 Å². The first-order valence-electron chi connectivity index (χ1n) is 11.1. The molecule has 1 aliphatic rings. The highest BCUT2D eigenvalue weighted by Gasteiger charge is 2.34. The Balaban J connectivity index is 1.53. The van der Waals surface area contributed by atoms with Crippen molar-refractivity contribution in [2.24, 2.45) is 0 Å². The molecule has 0 atom stereocenters. The SMILES string of the molecule is CC(=O)Oc1c(-c2ccc(NC(=O)c3ccccc3F)cc2)c(C2CC2)nn1-c1cccc(F)c1.